The molecule has 1 heterocycles. The first-order valence-electron chi connectivity index (χ1n) is 9.28. The number of aromatic nitrogens is 2. The summed E-state index contributed by atoms with van der Waals surface area (Å²) in [6.45, 7) is 2.41. The Morgan fingerprint density at radius 3 is 2.70 bits per heavy atom. The van der Waals surface area contributed by atoms with Gasteiger partial charge in [-0.25, -0.2) is 4.39 Å². The molecule has 1 aromatic carbocycles. The van der Waals surface area contributed by atoms with Crippen molar-refractivity contribution >= 4 is 21.8 Å². The number of ether oxygens (including phenoxy) is 1. The van der Waals surface area contributed by atoms with Gasteiger partial charge in [-0.2, -0.15) is 5.10 Å². The van der Waals surface area contributed by atoms with Crippen LogP contribution in [0.5, 0.6) is 5.75 Å². The van der Waals surface area contributed by atoms with E-state index in [1.807, 2.05) is 6.92 Å². The van der Waals surface area contributed by atoms with Gasteiger partial charge in [0.2, 0.25) is 0 Å². The summed E-state index contributed by atoms with van der Waals surface area (Å²) in [6.07, 6.45) is 5.53. The maximum atomic E-state index is 14.6. The zero-order valence-electron chi connectivity index (χ0n) is 15.9. The van der Waals surface area contributed by atoms with Gasteiger partial charge in [0.15, 0.2) is 11.6 Å². The Morgan fingerprint density at radius 2 is 2.00 bits per heavy atom. The molecular formula is C20H27BrFN3O2. The Hall–Kier alpha value is -1.89. The summed E-state index contributed by atoms with van der Waals surface area (Å²) in [5, 5.41) is 7.92. The number of carbonyl (C=O) groups excluding carboxylic acids is 1. The van der Waals surface area contributed by atoms with Crippen LogP contribution in [0.4, 0.5) is 4.39 Å². The summed E-state index contributed by atoms with van der Waals surface area (Å²) in [5.41, 5.74) is 1.61. The molecule has 0 saturated heterocycles. The van der Waals surface area contributed by atoms with E-state index in [4.69, 9.17) is 4.74 Å². The highest BCUT2D eigenvalue weighted by Gasteiger charge is 2.14. The number of carbonyl (C=O) groups is 1. The van der Waals surface area contributed by atoms with Crippen LogP contribution < -0.4 is 10.1 Å². The molecule has 0 aliphatic carbocycles. The molecule has 148 valence electrons. The van der Waals surface area contributed by atoms with E-state index in [0.29, 0.717) is 17.9 Å². The van der Waals surface area contributed by atoms with E-state index < -0.39 is 5.82 Å². The molecule has 0 saturated carbocycles. The summed E-state index contributed by atoms with van der Waals surface area (Å²) in [4.78, 5) is 12.2. The second-order valence-electron chi connectivity index (χ2n) is 6.51. The smallest absolute Gasteiger partial charge is 0.269 e. The van der Waals surface area contributed by atoms with Crippen LogP contribution in [0.2, 0.25) is 0 Å². The standard InChI is InChI=1S/C20H27BrFN3O2/c1-15-13-17(25(2)24-15)20(26)23-14-16-9-8-10-18(19(16)22)27-12-7-5-3-4-6-11-21/h8-10,13H,3-7,11-12,14H2,1-2H3,(H,23,26). The Kier molecular flexibility index (Phi) is 8.78. The number of hydrogen-bond acceptors (Lipinski definition) is 3. The number of benzene rings is 1. The van der Waals surface area contributed by atoms with Gasteiger partial charge in [-0.15, -0.1) is 0 Å². The normalized spacial score (nSPS) is 10.8. The van der Waals surface area contributed by atoms with Crippen molar-refractivity contribution < 1.29 is 13.9 Å². The SMILES string of the molecule is Cc1cc(C(=O)NCc2cccc(OCCCCCCCBr)c2F)n(C)n1. The van der Waals surface area contributed by atoms with Crippen LogP contribution >= 0.6 is 15.9 Å². The van der Waals surface area contributed by atoms with Gasteiger partial charge in [0, 0.05) is 24.5 Å². The van der Waals surface area contributed by atoms with Crippen molar-refractivity contribution in [2.24, 2.45) is 7.05 Å². The summed E-state index contributed by atoms with van der Waals surface area (Å²) in [5.74, 6) is -0.468. The molecule has 1 aromatic heterocycles. The molecule has 2 aromatic rings. The lowest BCUT2D eigenvalue weighted by Gasteiger charge is -2.11. The quantitative estimate of drug-likeness (QED) is 0.413. The Morgan fingerprint density at radius 1 is 1.26 bits per heavy atom. The van der Waals surface area contributed by atoms with Crippen LogP contribution in [0.15, 0.2) is 24.3 Å². The summed E-state index contributed by atoms with van der Waals surface area (Å²) >= 11 is 3.42. The van der Waals surface area contributed by atoms with E-state index in [-0.39, 0.29) is 18.2 Å². The third kappa shape index (κ3) is 6.65. The zero-order chi connectivity index (χ0) is 19.6. The average molecular weight is 440 g/mol. The van der Waals surface area contributed by atoms with Gasteiger partial charge in [0.25, 0.3) is 5.91 Å². The maximum Gasteiger partial charge on any atom is 0.269 e. The number of nitrogens with zero attached hydrogens (tertiary/aromatic N) is 2. The van der Waals surface area contributed by atoms with Gasteiger partial charge in [-0.3, -0.25) is 9.48 Å². The van der Waals surface area contributed by atoms with Crippen molar-refractivity contribution in [1.82, 2.24) is 15.1 Å². The highest BCUT2D eigenvalue weighted by molar-refractivity contribution is 9.09. The molecule has 0 spiro atoms. The minimum atomic E-state index is -0.418. The number of nitrogens with one attached hydrogen (secondary N) is 1. The van der Waals surface area contributed by atoms with Crippen molar-refractivity contribution in [1.29, 1.82) is 0 Å². The number of hydrogen-bond donors (Lipinski definition) is 1. The predicted molar refractivity (Wildman–Crippen MR) is 108 cm³/mol. The Balaban J connectivity index is 1.83. The molecular weight excluding hydrogens is 413 g/mol. The first-order chi connectivity index (χ1) is 13.0. The monoisotopic (exact) mass is 439 g/mol. The topological polar surface area (TPSA) is 56.1 Å². The number of unbranched alkanes of at least 4 members (excludes halogenated alkanes) is 4. The third-order valence-electron chi connectivity index (χ3n) is 4.25. The molecule has 0 aliphatic rings. The third-order valence-corrected chi connectivity index (χ3v) is 4.81. The van der Waals surface area contributed by atoms with Crippen LogP contribution in [-0.4, -0.2) is 27.6 Å². The largest absolute Gasteiger partial charge is 0.491 e. The van der Waals surface area contributed by atoms with Crippen LogP contribution in [0.25, 0.3) is 0 Å². The van der Waals surface area contributed by atoms with Crippen molar-refractivity contribution in [3.63, 3.8) is 0 Å². The fraction of sp³-hybridized carbons (Fsp3) is 0.500. The van der Waals surface area contributed by atoms with E-state index in [0.717, 1.165) is 30.3 Å². The van der Waals surface area contributed by atoms with E-state index in [1.54, 1.807) is 31.3 Å². The highest BCUT2D eigenvalue weighted by atomic mass is 79.9. The lowest BCUT2D eigenvalue weighted by Crippen LogP contribution is -2.25. The van der Waals surface area contributed by atoms with Crippen LogP contribution in [0, 0.1) is 12.7 Å². The number of aryl methyl sites for hydroxylation is 2. The van der Waals surface area contributed by atoms with E-state index in [1.165, 1.54) is 17.5 Å². The second kappa shape index (κ2) is 11.1. The fourth-order valence-corrected chi connectivity index (χ4v) is 3.20. The van der Waals surface area contributed by atoms with Crippen LogP contribution in [0.3, 0.4) is 0 Å². The molecule has 1 amide bonds. The van der Waals surface area contributed by atoms with E-state index in [9.17, 15) is 9.18 Å². The molecule has 0 unspecified atom stereocenters. The molecule has 2 rings (SSSR count). The van der Waals surface area contributed by atoms with Crippen molar-refractivity contribution in [2.45, 2.75) is 45.6 Å². The van der Waals surface area contributed by atoms with Gasteiger partial charge < -0.3 is 10.1 Å². The first-order valence-corrected chi connectivity index (χ1v) is 10.4. The van der Waals surface area contributed by atoms with Gasteiger partial charge in [0.05, 0.1) is 12.3 Å². The lowest BCUT2D eigenvalue weighted by molar-refractivity contribution is 0.0941. The highest BCUT2D eigenvalue weighted by Crippen LogP contribution is 2.21. The van der Waals surface area contributed by atoms with E-state index >= 15 is 0 Å². The fourth-order valence-electron chi connectivity index (χ4n) is 2.80. The molecule has 0 aliphatic heterocycles. The number of halogens is 2. The van der Waals surface area contributed by atoms with Crippen molar-refractivity contribution in [3.05, 3.63) is 47.0 Å². The minimum Gasteiger partial charge on any atom is -0.491 e. The predicted octanol–water partition coefficient (Wildman–Crippen LogP) is 4.52. The first kappa shape index (κ1) is 21.4. The van der Waals surface area contributed by atoms with Crippen molar-refractivity contribution in [2.75, 3.05) is 11.9 Å². The second-order valence-corrected chi connectivity index (χ2v) is 7.30. The number of amides is 1. The number of rotatable bonds is 11. The van der Waals surface area contributed by atoms with Gasteiger partial charge in [-0.1, -0.05) is 47.3 Å². The summed E-state index contributed by atoms with van der Waals surface area (Å²) in [7, 11) is 1.71. The minimum absolute atomic E-state index is 0.0959. The van der Waals surface area contributed by atoms with Gasteiger partial charge in [0.1, 0.15) is 5.69 Å². The summed E-state index contributed by atoms with van der Waals surface area (Å²) < 4.78 is 21.7. The lowest BCUT2D eigenvalue weighted by atomic mass is 10.1. The maximum absolute atomic E-state index is 14.6. The molecule has 0 radical (unpaired) electrons. The summed E-state index contributed by atoms with van der Waals surface area (Å²) in [6, 6.07) is 6.71. The molecule has 5 nitrogen and oxygen atoms in total. The van der Waals surface area contributed by atoms with Crippen LogP contribution in [-0.2, 0) is 13.6 Å². The van der Waals surface area contributed by atoms with E-state index in [2.05, 4.69) is 26.3 Å². The van der Waals surface area contributed by atoms with Gasteiger partial charge in [-0.05, 0) is 31.9 Å². The molecule has 0 fully saturated rings. The Bertz CT molecular complexity index is 749. The van der Waals surface area contributed by atoms with Gasteiger partial charge >= 0.3 is 0 Å². The molecule has 1 N–H and O–H groups in total. The Labute approximate surface area is 168 Å². The van der Waals surface area contributed by atoms with Crippen molar-refractivity contribution in [3.8, 4) is 5.75 Å². The zero-order valence-corrected chi connectivity index (χ0v) is 17.5. The molecule has 7 heteroatoms. The average Bonchev–Trinajstić information content (AvgIpc) is 2.99. The molecule has 0 bridgehead atoms. The number of alkyl halides is 1. The van der Waals surface area contributed by atoms with Crippen LogP contribution in [0.1, 0.15) is 53.8 Å². The molecule has 27 heavy (non-hydrogen) atoms. The molecule has 0 atom stereocenters.